The van der Waals surface area contributed by atoms with Gasteiger partial charge in [0.1, 0.15) is 0 Å². The van der Waals surface area contributed by atoms with Crippen molar-refractivity contribution in [2.75, 3.05) is 18.8 Å². The minimum absolute atomic E-state index is 0.00691. The van der Waals surface area contributed by atoms with E-state index in [0.717, 1.165) is 5.57 Å². The van der Waals surface area contributed by atoms with E-state index in [9.17, 15) is 4.79 Å². The smallest absolute Gasteiger partial charge is 0.282 e. The van der Waals surface area contributed by atoms with Crippen molar-refractivity contribution in [1.82, 2.24) is 4.90 Å². The van der Waals surface area contributed by atoms with Gasteiger partial charge in [-0.2, -0.15) is 0 Å². The number of thioether (sulfide) groups is 1. The molecule has 0 N–H and O–H groups in total. The molecule has 0 aromatic carbocycles. The lowest BCUT2D eigenvalue weighted by molar-refractivity contribution is 0.233. The van der Waals surface area contributed by atoms with Crippen LogP contribution in [0.5, 0.6) is 0 Å². The molecule has 90 valence electrons. The van der Waals surface area contributed by atoms with E-state index in [4.69, 9.17) is 23.2 Å². The van der Waals surface area contributed by atoms with Crippen LogP contribution in [0.1, 0.15) is 6.92 Å². The summed E-state index contributed by atoms with van der Waals surface area (Å²) in [5, 5.41) is -0.00691. The maximum absolute atomic E-state index is 11.8. The molecule has 0 aliphatic rings. The molecule has 5 heteroatoms. The molecule has 0 atom stereocenters. The predicted octanol–water partition coefficient (Wildman–Crippen LogP) is 4.22. The predicted molar refractivity (Wildman–Crippen MR) is 74.2 cm³/mol. The number of amides is 1. The summed E-state index contributed by atoms with van der Waals surface area (Å²) in [4.78, 5) is 13.4. The second kappa shape index (κ2) is 9.82. The highest BCUT2D eigenvalue weighted by atomic mass is 35.5. The Kier molecular flexibility index (Phi) is 9.59. The van der Waals surface area contributed by atoms with Crippen LogP contribution in [-0.2, 0) is 0 Å². The zero-order chi connectivity index (χ0) is 12.4. The zero-order valence-electron chi connectivity index (χ0n) is 9.16. The Balaban J connectivity index is 4.24. The number of carbonyl (C=O) groups is 1. The van der Waals surface area contributed by atoms with E-state index in [1.165, 1.54) is 22.8 Å². The fraction of sp³-hybridized carbons (Fsp3) is 0.364. The van der Waals surface area contributed by atoms with Crippen LogP contribution in [0, 0.1) is 0 Å². The first-order valence-corrected chi connectivity index (χ1v) is 6.54. The minimum Gasteiger partial charge on any atom is -0.326 e. The van der Waals surface area contributed by atoms with Crippen molar-refractivity contribution in [1.29, 1.82) is 0 Å². The van der Waals surface area contributed by atoms with Gasteiger partial charge < -0.3 is 4.90 Å². The molecule has 0 heterocycles. The molecular formula is C11H15Cl2NOS. The van der Waals surface area contributed by atoms with Gasteiger partial charge >= 0.3 is 0 Å². The lowest BCUT2D eigenvalue weighted by atomic mass is 10.4. The van der Waals surface area contributed by atoms with Gasteiger partial charge in [0.15, 0.2) is 0 Å². The third-order valence-electron chi connectivity index (χ3n) is 1.53. The highest BCUT2D eigenvalue weighted by Crippen LogP contribution is 2.12. The first kappa shape index (κ1) is 15.6. The molecule has 0 aromatic rings. The van der Waals surface area contributed by atoms with Gasteiger partial charge in [0.2, 0.25) is 0 Å². The highest BCUT2D eigenvalue weighted by molar-refractivity contribution is 8.13. The van der Waals surface area contributed by atoms with Gasteiger partial charge in [0.25, 0.3) is 5.24 Å². The summed E-state index contributed by atoms with van der Waals surface area (Å²) in [7, 11) is 0. The van der Waals surface area contributed by atoms with E-state index in [0.29, 0.717) is 18.8 Å². The number of rotatable bonds is 6. The molecule has 0 aromatic heterocycles. The van der Waals surface area contributed by atoms with Crippen LogP contribution < -0.4 is 0 Å². The van der Waals surface area contributed by atoms with Gasteiger partial charge in [-0.05, 0) is 6.92 Å². The van der Waals surface area contributed by atoms with E-state index in [2.05, 4.69) is 6.58 Å². The SMILES string of the molecule is C=C(C)CSC(=O)N(CC=CCl)CC=CCl. The van der Waals surface area contributed by atoms with Crippen molar-refractivity contribution in [2.24, 2.45) is 0 Å². The summed E-state index contributed by atoms with van der Waals surface area (Å²) in [6, 6.07) is 0. The first-order chi connectivity index (χ1) is 7.61. The van der Waals surface area contributed by atoms with Crippen molar-refractivity contribution in [3.05, 3.63) is 35.4 Å². The third-order valence-corrected chi connectivity index (χ3v) is 3.03. The lowest BCUT2D eigenvalue weighted by Crippen LogP contribution is -2.28. The Morgan fingerprint density at radius 2 is 1.81 bits per heavy atom. The van der Waals surface area contributed by atoms with Crippen LogP contribution in [-0.4, -0.2) is 29.0 Å². The van der Waals surface area contributed by atoms with Crippen LogP contribution in [0.25, 0.3) is 0 Å². The van der Waals surface area contributed by atoms with Crippen LogP contribution in [0.15, 0.2) is 35.4 Å². The van der Waals surface area contributed by atoms with Crippen molar-refractivity contribution in [3.63, 3.8) is 0 Å². The Morgan fingerprint density at radius 3 is 2.19 bits per heavy atom. The molecule has 2 nitrogen and oxygen atoms in total. The van der Waals surface area contributed by atoms with Crippen LogP contribution in [0.4, 0.5) is 4.79 Å². The van der Waals surface area contributed by atoms with E-state index < -0.39 is 0 Å². The molecule has 0 rings (SSSR count). The van der Waals surface area contributed by atoms with Crippen LogP contribution >= 0.6 is 35.0 Å². The maximum Gasteiger partial charge on any atom is 0.282 e. The summed E-state index contributed by atoms with van der Waals surface area (Å²) < 4.78 is 0. The fourth-order valence-electron chi connectivity index (χ4n) is 0.834. The van der Waals surface area contributed by atoms with Crippen LogP contribution in [0.3, 0.4) is 0 Å². The van der Waals surface area contributed by atoms with E-state index >= 15 is 0 Å². The Labute approximate surface area is 111 Å². The standard InChI is InChI=1S/C11H15Cl2NOS/c1-10(2)9-16-11(15)14(7-3-5-12)8-4-6-13/h3-6H,1,7-9H2,2H3. The van der Waals surface area contributed by atoms with E-state index in [1.807, 2.05) is 6.92 Å². The summed E-state index contributed by atoms with van der Waals surface area (Å²) in [5.41, 5.74) is 3.77. The van der Waals surface area contributed by atoms with Crippen LogP contribution in [0.2, 0.25) is 0 Å². The van der Waals surface area contributed by atoms with E-state index in [1.54, 1.807) is 17.1 Å². The molecule has 0 aliphatic heterocycles. The number of nitrogens with zero attached hydrogens (tertiary/aromatic N) is 1. The Morgan fingerprint density at radius 1 is 1.31 bits per heavy atom. The second-order valence-corrected chi connectivity index (χ2v) is 4.57. The van der Waals surface area contributed by atoms with Gasteiger partial charge in [-0.15, -0.1) is 0 Å². The number of halogens is 2. The molecule has 16 heavy (non-hydrogen) atoms. The van der Waals surface area contributed by atoms with Gasteiger partial charge in [-0.3, -0.25) is 4.79 Å². The molecule has 1 amide bonds. The molecule has 0 bridgehead atoms. The lowest BCUT2D eigenvalue weighted by Gasteiger charge is -2.18. The topological polar surface area (TPSA) is 20.3 Å². The maximum atomic E-state index is 11.8. The van der Waals surface area contributed by atoms with Crippen molar-refractivity contribution >= 4 is 40.2 Å². The molecule has 0 fully saturated rings. The summed E-state index contributed by atoms with van der Waals surface area (Å²) >= 11 is 12.1. The summed E-state index contributed by atoms with van der Waals surface area (Å²) in [6.45, 7) is 6.60. The Bertz CT molecular complexity index is 276. The molecule has 0 saturated carbocycles. The second-order valence-electron chi connectivity index (χ2n) is 3.14. The monoisotopic (exact) mass is 279 g/mol. The largest absolute Gasteiger partial charge is 0.326 e. The van der Waals surface area contributed by atoms with Gasteiger partial charge in [0.05, 0.1) is 0 Å². The molecule has 0 aliphatic carbocycles. The average molecular weight is 280 g/mol. The fourth-order valence-corrected chi connectivity index (χ4v) is 1.69. The molecule has 0 unspecified atom stereocenters. The van der Waals surface area contributed by atoms with Crippen molar-refractivity contribution in [2.45, 2.75) is 6.92 Å². The van der Waals surface area contributed by atoms with Gasteiger partial charge in [-0.25, -0.2) is 0 Å². The number of carbonyl (C=O) groups excluding carboxylic acids is 1. The van der Waals surface area contributed by atoms with E-state index in [-0.39, 0.29) is 5.24 Å². The first-order valence-electron chi connectivity index (χ1n) is 4.68. The molecule has 0 spiro atoms. The summed E-state index contributed by atoms with van der Waals surface area (Å²) in [5.74, 6) is 0.629. The third kappa shape index (κ3) is 7.85. The average Bonchev–Trinajstić information content (AvgIpc) is 2.26. The van der Waals surface area contributed by atoms with Gasteiger partial charge in [-0.1, -0.05) is 59.3 Å². The molecule has 0 saturated heterocycles. The van der Waals surface area contributed by atoms with Crippen molar-refractivity contribution < 1.29 is 4.79 Å². The summed E-state index contributed by atoms with van der Waals surface area (Å²) in [6.07, 6.45) is 3.42. The Hall–Kier alpha value is -0.380. The van der Waals surface area contributed by atoms with Crippen molar-refractivity contribution in [3.8, 4) is 0 Å². The minimum atomic E-state index is -0.00691. The number of hydrogen-bond acceptors (Lipinski definition) is 2. The molecular weight excluding hydrogens is 265 g/mol. The quantitative estimate of drug-likeness (QED) is 0.679. The normalized spacial score (nSPS) is 11.2. The van der Waals surface area contributed by atoms with Gasteiger partial charge in [0, 0.05) is 29.9 Å². The highest BCUT2D eigenvalue weighted by Gasteiger charge is 2.10. The number of hydrogen-bond donors (Lipinski definition) is 0. The zero-order valence-corrected chi connectivity index (χ0v) is 11.5. The molecule has 0 radical (unpaired) electrons.